The molecular weight excluding hydrogens is 597 g/mol. The summed E-state index contributed by atoms with van der Waals surface area (Å²) in [5, 5.41) is 7.20. The monoisotopic (exact) mass is 630 g/mol. The van der Waals surface area contributed by atoms with Gasteiger partial charge < -0.3 is 4.57 Å². The molecule has 0 fully saturated rings. The highest BCUT2D eigenvalue weighted by Crippen LogP contribution is 2.38. The van der Waals surface area contributed by atoms with Crippen LogP contribution in [0.5, 0.6) is 0 Å². The summed E-state index contributed by atoms with van der Waals surface area (Å²) in [5.41, 5.74) is 10.6. The Morgan fingerprint density at radius 1 is 0.510 bits per heavy atom. The molecule has 0 unspecified atom stereocenters. The minimum absolute atomic E-state index is 0.0185. The average molecular weight is 631 g/mol. The lowest BCUT2D eigenvalue weighted by Gasteiger charge is -2.18. The summed E-state index contributed by atoms with van der Waals surface area (Å²) in [6.45, 7) is 6.64. The van der Waals surface area contributed by atoms with Crippen LogP contribution in [0, 0.1) is 0 Å². The summed E-state index contributed by atoms with van der Waals surface area (Å²) in [6, 6.07) is 47.7. The largest absolute Gasteiger partial charge is 0.309 e. The first-order chi connectivity index (χ1) is 23.9. The highest BCUT2D eigenvalue weighted by Gasteiger charge is 2.17. The molecule has 49 heavy (non-hydrogen) atoms. The molecule has 0 atom stereocenters. The molecule has 0 saturated heterocycles. The van der Waals surface area contributed by atoms with E-state index in [2.05, 4.69) is 164 Å². The van der Waals surface area contributed by atoms with Crippen molar-refractivity contribution in [1.82, 2.24) is 19.5 Å². The molecule has 0 N–H and O–H groups in total. The van der Waals surface area contributed by atoms with Crippen LogP contribution in [0.25, 0.3) is 82.8 Å². The molecule has 0 spiro atoms. The smallest absolute Gasteiger partial charge is 0.0899 e. The van der Waals surface area contributed by atoms with E-state index in [1.165, 1.54) is 38.0 Å². The standard InChI is InChI=1S/C45H34N4/c1-45(2,3)32-18-21-40(47-27-32)42-26-31(25-41(48-42)38-24-30-10-4-5-11-34(30)35-12-6-7-13-36(35)38)29-16-19-33(20-17-29)49-43-15-9-8-14-37(43)39-28-46-23-22-44(39)49/h4-28H,1-3H3. The van der Waals surface area contributed by atoms with Gasteiger partial charge in [0, 0.05) is 40.6 Å². The molecule has 0 saturated carbocycles. The Balaban J connectivity index is 1.23. The molecule has 0 aliphatic carbocycles. The summed E-state index contributed by atoms with van der Waals surface area (Å²) in [7, 11) is 0. The van der Waals surface area contributed by atoms with Crippen LogP contribution in [-0.4, -0.2) is 19.5 Å². The highest BCUT2D eigenvalue weighted by atomic mass is 15.0. The first-order valence-corrected chi connectivity index (χ1v) is 16.8. The normalized spacial score (nSPS) is 12.0. The van der Waals surface area contributed by atoms with Gasteiger partial charge in [0.1, 0.15) is 0 Å². The first-order valence-electron chi connectivity index (χ1n) is 16.8. The molecule has 4 aromatic heterocycles. The maximum atomic E-state index is 5.30. The number of hydrogen-bond donors (Lipinski definition) is 0. The second-order valence-corrected chi connectivity index (χ2v) is 13.8. The zero-order chi connectivity index (χ0) is 33.1. The quantitative estimate of drug-likeness (QED) is 0.182. The average Bonchev–Trinajstić information content (AvgIpc) is 3.48. The van der Waals surface area contributed by atoms with Crippen molar-refractivity contribution in [2.45, 2.75) is 26.2 Å². The van der Waals surface area contributed by atoms with Gasteiger partial charge in [-0.15, -0.1) is 0 Å². The van der Waals surface area contributed by atoms with Crippen LogP contribution in [0.1, 0.15) is 26.3 Å². The molecule has 4 heteroatoms. The fourth-order valence-corrected chi connectivity index (χ4v) is 7.12. The molecular formula is C45H34N4. The van der Waals surface area contributed by atoms with Gasteiger partial charge in [-0.1, -0.05) is 106 Å². The van der Waals surface area contributed by atoms with Crippen molar-refractivity contribution in [3.63, 3.8) is 0 Å². The summed E-state index contributed by atoms with van der Waals surface area (Å²) in [4.78, 5) is 14.7. The number of aromatic nitrogens is 4. The van der Waals surface area contributed by atoms with Crippen LogP contribution in [0.3, 0.4) is 0 Å². The maximum absolute atomic E-state index is 5.30. The third-order valence-corrected chi connectivity index (χ3v) is 9.69. The fourth-order valence-electron chi connectivity index (χ4n) is 7.12. The summed E-state index contributed by atoms with van der Waals surface area (Å²) >= 11 is 0. The molecule has 9 aromatic rings. The number of fused-ring (bicyclic) bond motifs is 6. The minimum atomic E-state index is 0.0185. The molecule has 4 heterocycles. The van der Waals surface area contributed by atoms with E-state index in [1.807, 2.05) is 18.6 Å². The number of pyridine rings is 3. The van der Waals surface area contributed by atoms with E-state index in [9.17, 15) is 0 Å². The van der Waals surface area contributed by atoms with E-state index < -0.39 is 0 Å². The predicted molar refractivity (Wildman–Crippen MR) is 204 cm³/mol. The van der Waals surface area contributed by atoms with Gasteiger partial charge in [0.15, 0.2) is 0 Å². The third kappa shape index (κ3) is 4.96. The SMILES string of the molecule is CC(C)(C)c1ccc(-c2cc(-c3ccc(-n4c5ccccc5c5cnccc54)cc3)cc(-c3cc4ccccc4c4ccccc34)n2)nc1. The van der Waals surface area contributed by atoms with Gasteiger partial charge >= 0.3 is 0 Å². The summed E-state index contributed by atoms with van der Waals surface area (Å²) in [5.74, 6) is 0. The van der Waals surface area contributed by atoms with Gasteiger partial charge in [-0.2, -0.15) is 0 Å². The van der Waals surface area contributed by atoms with Crippen LogP contribution in [0.2, 0.25) is 0 Å². The zero-order valence-electron chi connectivity index (χ0n) is 27.7. The van der Waals surface area contributed by atoms with Gasteiger partial charge in [0.05, 0.1) is 28.1 Å². The van der Waals surface area contributed by atoms with Crippen LogP contribution in [0.15, 0.2) is 152 Å². The molecule has 0 aliphatic rings. The van der Waals surface area contributed by atoms with Gasteiger partial charge in [-0.3, -0.25) is 9.97 Å². The Morgan fingerprint density at radius 3 is 1.98 bits per heavy atom. The van der Waals surface area contributed by atoms with Gasteiger partial charge in [0.2, 0.25) is 0 Å². The number of rotatable bonds is 4. The molecule has 0 bridgehead atoms. The molecule has 234 valence electrons. The van der Waals surface area contributed by atoms with E-state index in [0.29, 0.717) is 0 Å². The summed E-state index contributed by atoms with van der Waals surface area (Å²) in [6.07, 6.45) is 5.82. The van der Waals surface area contributed by atoms with Crippen molar-refractivity contribution in [3.05, 3.63) is 158 Å². The topological polar surface area (TPSA) is 43.6 Å². The Kier molecular flexibility index (Phi) is 6.66. The number of nitrogens with zero attached hydrogens (tertiary/aromatic N) is 4. The number of para-hydroxylation sites is 1. The van der Waals surface area contributed by atoms with Crippen molar-refractivity contribution >= 4 is 43.4 Å². The van der Waals surface area contributed by atoms with Gasteiger partial charge in [-0.25, -0.2) is 4.98 Å². The van der Waals surface area contributed by atoms with Crippen molar-refractivity contribution in [2.75, 3.05) is 0 Å². The van der Waals surface area contributed by atoms with Crippen LogP contribution in [0.4, 0.5) is 0 Å². The second kappa shape index (κ2) is 11.2. The van der Waals surface area contributed by atoms with Gasteiger partial charge in [-0.05, 0) is 92.2 Å². The first kappa shape index (κ1) is 29.0. The number of benzene rings is 5. The Labute approximate surface area is 285 Å². The van der Waals surface area contributed by atoms with Crippen molar-refractivity contribution < 1.29 is 0 Å². The molecule has 0 aliphatic heterocycles. The third-order valence-electron chi connectivity index (χ3n) is 9.69. The van der Waals surface area contributed by atoms with Crippen molar-refractivity contribution in [2.24, 2.45) is 0 Å². The van der Waals surface area contributed by atoms with E-state index in [-0.39, 0.29) is 5.41 Å². The summed E-state index contributed by atoms with van der Waals surface area (Å²) < 4.78 is 2.32. The highest BCUT2D eigenvalue weighted by molar-refractivity contribution is 6.13. The second-order valence-electron chi connectivity index (χ2n) is 13.8. The molecule has 9 rings (SSSR count). The van der Waals surface area contributed by atoms with E-state index in [4.69, 9.17) is 9.97 Å². The van der Waals surface area contributed by atoms with E-state index in [0.717, 1.165) is 50.4 Å². The number of hydrogen-bond acceptors (Lipinski definition) is 3. The Morgan fingerprint density at radius 2 is 1.20 bits per heavy atom. The van der Waals surface area contributed by atoms with Gasteiger partial charge in [0.25, 0.3) is 0 Å². The lowest BCUT2D eigenvalue weighted by molar-refractivity contribution is 0.587. The van der Waals surface area contributed by atoms with E-state index >= 15 is 0 Å². The van der Waals surface area contributed by atoms with Crippen molar-refractivity contribution in [3.8, 4) is 39.5 Å². The molecule has 4 nitrogen and oxygen atoms in total. The fraction of sp³-hybridized carbons (Fsp3) is 0.0889. The molecule has 5 aromatic carbocycles. The molecule has 0 radical (unpaired) electrons. The minimum Gasteiger partial charge on any atom is -0.309 e. The lowest BCUT2D eigenvalue weighted by atomic mass is 9.88. The lowest BCUT2D eigenvalue weighted by Crippen LogP contribution is -2.11. The zero-order valence-corrected chi connectivity index (χ0v) is 27.7. The maximum Gasteiger partial charge on any atom is 0.0899 e. The van der Waals surface area contributed by atoms with E-state index in [1.54, 1.807) is 0 Å². The van der Waals surface area contributed by atoms with Crippen LogP contribution < -0.4 is 0 Å². The molecule has 0 amide bonds. The predicted octanol–water partition coefficient (Wildman–Crippen LogP) is 11.6. The Bertz CT molecular complexity index is 2620. The Hall–Kier alpha value is -6.13. The van der Waals surface area contributed by atoms with Crippen molar-refractivity contribution in [1.29, 1.82) is 0 Å². The van der Waals surface area contributed by atoms with Crippen LogP contribution >= 0.6 is 0 Å². The van der Waals surface area contributed by atoms with Crippen LogP contribution in [-0.2, 0) is 5.41 Å².